The van der Waals surface area contributed by atoms with E-state index in [4.69, 9.17) is 14.9 Å². The predicted molar refractivity (Wildman–Crippen MR) is 50.3 cm³/mol. The van der Waals surface area contributed by atoms with Crippen LogP contribution in [-0.4, -0.2) is 47.6 Å². The quantitative estimate of drug-likeness (QED) is 0.455. The van der Waals surface area contributed by atoms with Crippen LogP contribution in [0.1, 0.15) is 20.3 Å². The van der Waals surface area contributed by atoms with Gasteiger partial charge in [-0.05, 0) is 13.8 Å². The van der Waals surface area contributed by atoms with E-state index in [1.807, 2.05) is 13.8 Å². The zero-order valence-corrected chi connectivity index (χ0v) is 8.80. The van der Waals surface area contributed by atoms with Gasteiger partial charge in [0.15, 0.2) is 6.10 Å². The minimum Gasteiger partial charge on any atom is -0.481 e. The van der Waals surface area contributed by atoms with E-state index >= 15 is 0 Å². The number of carbonyl (C=O) groups is 2. The summed E-state index contributed by atoms with van der Waals surface area (Å²) in [5, 5.41) is 17.3. The van der Waals surface area contributed by atoms with Gasteiger partial charge in [-0.3, -0.25) is 4.79 Å². The van der Waals surface area contributed by atoms with Crippen molar-refractivity contribution in [2.24, 2.45) is 0 Å². The van der Waals surface area contributed by atoms with E-state index < -0.39 is 24.5 Å². The van der Waals surface area contributed by atoms with E-state index in [9.17, 15) is 9.59 Å². The number of hydrogen-bond acceptors (Lipinski definition) is 5. The van der Waals surface area contributed by atoms with Crippen molar-refractivity contribution < 1.29 is 29.3 Å². The summed E-state index contributed by atoms with van der Waals surface area (Å²) in [5.41, 5.74) is 0. The van der Waals surface area contributed by atoms with Gasteiger partial charge < -0.3 is 19.7 Å². The molecule has 0 bridgehead atoms. The van der Waals surface area contributed by atoms with Gasteiger partial charge in [-0.1, -0.05) is 0 Å². The standard InChI is InChI=1S/C9H16O6/c1-6(2)14-3-4-15-9(13)7(10)5-8(11)12/h6-7,10H,3-5H2,1-2H3,(H,11,12). The Balaban J connectivity index is 3.60. The van der Waals surface area contributed by atoms with Crippen LogP contribution in [0.5, 0.6) is 0 Å². The summed E-state index contributed by atoms with van der Waals surface area (Å²) in [6, 6.07) is 0. The fourth-order valence-electron chi connectivity index (χ4n) is 0.771. The molecule has 0 rings (SSSR count). The number of rotatable bonds is 7. The van der Waals surface area contributed by atoms with Crippen LogP contribution < -0.4 is 0 Å². The largest absolute Gasteiger partial charge is 0.481 e. The lowest BCUT2D eigenvalue weighted by molar-refractivity contribution is -0.159. The highest BCUT2D eigenvalue weighted by Crippen LogP contribution is 1.96. The topological polar surface area (TPSA) is 93.1 Å². The maximum absolute atomic E-state index is 10.9. The number of ether oxygens (including phenoxy) is 2. The Hall–Kier alpha value is -1.14. The Morgan fingerprint density at radius 2 is 1.87 bits per heavy atom. The molecule has 0 heterocycles. The molecule has 0 aromatic rings. The maximum atomic E-state index is 10.9. The van der Waals surface area contributed by atoms with Gasteiger partial charge in [0.25, 0.3) is 0 Å². The second-order valence-corrected chi connectivity index (χ2v) is 3.20. The zero-order valence-electron chi connectivity index (χ0n) is 8.80. The molecule has 0 aliphatic heterocycles. The van der Waals surface area contributed by atoms with Crippen molar-refractivity contribution in [1.82, 2.24) is 0 Å². The molecule has 1 atom stereocenters. The lowest BCUT2D eigenvalue weighted by Crippen LogP contribution is -2.27. The van der Waals surface area contributed by atoms with E-state index in [0.29, 0.717) is 0 Å². The molecule has 2 N–H and O–H groups in total. The molecule has 0 aromatic carbocycles. The maximum Gasteiger partial charge on any atom is 0.335 e. The highest BCUT2D eigenvalue weighted by molar-refractivity contribution is 5.80. The Labute approximate surface area is 87.8 Å². The number of aliphatic hydroxyl groups is 1. The van der Waals surface area contributed by atoms with Crippen molar-refractivity contribution >= 4 is 11.9 Å². The Kier molecular flexibility index (Phi) is 6.64. The fraction of sp³-hybridized carbons (Fsp3) is 0.778. The van der Waals surface area contributed by atoms with Gasteiger partial charge in [0.05, 0.1) is 19.1 Å². The van der Waals surface area contributed by atoms with Crippen LogP contribution in [0.25, 0.3) is 0 Å². The second-order valence-electron chi connectivity index (χ2n) is 3.20. The Bertz CT molecular complexity index is 213. The van der Waals surface area contributed by atoms with Gasteiger partial charge >= 0.3 is 11.9 Å². The van der Waals surface area contributed by atoms with E-state index in [0.717, 1.165) is 0 Å². The number of aliphatic carboxylic acids is 1. The SMILES string of the molecule is CC(C)OCCOC(=O)C(O)CC(=O)O. The van der Waals surface area contributed by atoms with Crippen molar-refractivity contribution in [2.75, 3.05) is 13.2 Å². The van der Waals surface area contributed by atoms with Crippen molar-refractivity contribution in [3.8, 4) is 0 Å². The first kappa shape index (κ1) is 13.9. The average molecular weight is 220 g/mol. The first-order valence-electron chi connectivity index (χ1n) is 4.61. The van der Waals surface area contributed by atoms with Crippen molar-refractivity contribution in [3.05, 3.63) is 0 Å². The molecule has 0 radical (unpaired) electrons. The molecule has 0 aromatic heterocycles. The first-order chi connectivity index (χ1) is 6.93. The molecule has 1 unspecified atom stereocenters. The molecule has 88 valence electrons. The molecule has 0 saturated carbocycles. The van der Waals surface area contributed by atoms with Crippen molar-refractivity contribution in [1.29, 1.82) is 0 Å². The third-order valence-electron chi connectivity index (χ3n) is 1.42. The van der Waals surface area contributed by atoms with Gasteiger partial charge in [0.1, 0.15) is 6.61 Å². The summed E-state index contributed by atoms with van der Waals surface area (Å²) in [7, 11) is 0. The lowest BCUT2D eigenvalue weighted by atomic mass is 10.2. The minimum atomic E-state index is -1.61. The predicted octanol–water partition coefficient (Wildman–Crippen LogP) is -0.210. The van der Waals surface area contributed by atoms with Gasteiger partial charge in [-0.15, -0.1) is 0 Å². The van der Waals surface area contributed by atoms with Crippen molar-refractivity contribution in [3.63, 3.8) is 0 Å². The third kappa shape index (κ3) is 7.90. The third-order valence-corrected chi connectivity index (χ3v) is 1.42. The van der Waals surface area contributed by atoms with Crippen LogP contribution in [0, 0.1) is 0 Å². The van der Waals surface area contributed by atoms with Crippen LogP contribution in [0.3, 0.4) is 0 Å². The average Bonchev–Trinajstić information content (AvgIpc) is 2.10. The van der Waals surface area contributed by atoms with E-state index in [1.54, 1.807) is 0 Å². The molecule has 0 saturated heterocycles. The number of esters is 1. The second kappa shape index (κ2) is 7.19. The first-order valence-corrected chi connectivity index (χ1v) is 4.61. The van der Waals surface area contributed by atoms with Crippen LogP contribution in [-0.2, 0) is 19.1 Å². The van der Waals surface area contributed by atoms with Crippen molar-refractivity contribution in [2.45, 2.75) is 32.5 Å². The number of carboxylic acids is 1. The number of hydrogen-bond donors (Lipinski definition) is 2. The summed E-state index contributed by atoms with van der Waals surface area (Å²) < 4.78 is 9.66. The van der Waals surface area contributed by atoms with Gasteiger partial charge in [-0.2, -0.15) is 0 Å². The highest BCUT2D eigenvalue weighted by atomic mass is 16.6. The molecular formula is C9H16O6. The molecular weight excluding hydrogens is 204 g/mol. The molecule has 6 heteroatoms. The van der Waals surface area contributed by atoms with Crippen LogP contribution in [0.15, 0.2) is 0 Å². The summed E-state index contributed by atoms with van der Waals surface area (Å²) in [6.45, 7) is 3.90. The summed E-state index contributed by atoms with van der Waals surface area (Å²) >= 11 is 0. The van der Waals surface area contributed by atoms with Gasteiger partial charge in [0, 0.05) is 0 Å². The van der Waals surface area contributed by atoms with Gasteiger partial charge in [-0.25, -0.2) is 4.79 Å². The Morgan fingerprint density at radius 3 is 2.33 bits per heavy atom. The molecule has 0 aliphatic carbocycles. The molecule has 15 heavy (non-hydrogen) atoms. The summed E-state index contributed by atoms with van der Waals surface area (Å²) in [4.78, 5) is 21.1. The lowest BCUT2D eigenvalue weighted by Gasteiger charge is -2.10. The molecule has 0 amide bonds. The molecule has 0 fully saturated rings. The van der Waals surface area contributed by atoms with E-state index in [-0.39, 0.29) is 19.3 Å². The molecule has 6 nitrogen and oxygen atoms in total. The summed E-state index contributed by atoms with van der Waals surface area (Å²) in [6.07, 6.45) is -2.22. The zero-order chi connectivity index (χ0) is 11.8. The van der Waals surface area contributed by atoms with Crippen LogP contribution >= 0.6 is 0 Å². The van der Waals surface area contributed by atoms with Gasteiger partial charge in [0.2, 0.25) is 0 Å². The number of carbonyl (C=O) groups excluding carboxylic acids is 1. The summed E-state index contributed by atoms with van der Waals surface area (Å²) in [5.74, 6) is -2.19. The fourth-order valence-corrected chi connectivity index (χ4v) is 0.771. The van der Waals surface area contributed by atoms with Crippen LogP contribution in [0.4, 0.5) is 0 Å². The smallest absolute Gasteiger partial charge is 0.335 e. The number of carboxylic acid groups (broad SMARTS) is 1. The molecule has 0 spiro atoms. The molecule has 0 aliphatic rings. The van der Waals surface area contributed by atoms with E-state index in [1.165, 1.54) is 0 Å². The van der Waals surface area contributed by atoms with E-state index in [2.05, 4.69) is 4.74 Å². The minimum absolute atomic E-state index is 0.00763. The Morgan fingerprint density at radius 1 is 1.27 bits per heavy atom. The normalized spacial score (nSPS) is 12.5. The number of aliphatic hydroxyl groups excluding tert-OH is 1. The highest BCUT2D eigenvalue weighted by Gasteiger charge is 2.19. The monoisotopic (exact) mass is 220 g/mol. The van der Waals surface area contributed by atoms with Crippen LogP contribution in [0.2, 0.25) is 0 Å².